The molecule has 2 heterocycles. The lowest BCUT2D eigenvalue weighted by Crippen LogP contribution is -1.98. The third kappa shape index (κ3) is 1.84. The van der Waals surface area contributed by atoms with Crippen LogP contribution in [-0.2, 0) is 0 Å². The molecule has 0 radical (unpaired) electrons. The molecule has 0 aliphatic heterocycles. The first kappa shape index (κ1) is 11.5. The molecule has 1 fully saturated rings. The van der Waals surface area contributed by atoms with Crippen molar-refractivity contribution < 1.29 is 14.3 Å². The SMILES string of the molecule is Cc1cc(-c2nc(C3CC3)c(C(=O)O)o2)sc1C. The monoisotopic (exact) mass is 263 g/mol. The molecular weight excluding hydrogens is 250 g/mol. The summed E-state index contributed by atoms with van der Waals surface area (Å²) in [5.74, 6) is -0.303. The van der Waals surface area contributed by atoms with Gasteiger partial charge in [-0.3, -0.25) is 0 Å². The normalized spacial score (nSPS) is 15.0. The summed E-state index contributed by atoms with van der Waals surface area (Å²) in [6, 6.07) is 1.99. The van der Waals surface area contributed by atoms with Crippen molar-refractivity contribution in [2.24, 2.45) is 0 Å². The zero-order valence-corrected chi connectivity index (χ0v) is 11.0. The quantitative estimate of drug-likeness (QED) is 0.919. The number of aromatic carboxylic acids is 1. The van der Waals surface area contributed by atoms with Crippen LogP contribution in [0.25, 0.3) is 10.8 Å². The van der Waals surface area contributed by atoms with Gasteiger partial charge in [0, 0.05) is 10.8 Å². The molecule has 1 aliphatic carbocycles. The zero-order chi connectivity index (χ0) is 12.9. The van der Waals surface area contributed by atoms with E-state index in [1.165, 1.54) is 10.4 Å². The summed E-state index contributed by atoms with van der Waals surface area (Å²) in [6.07, 6.45) is 2.02. The minimum Gasteiger partial charge on any atom is -0.475 e. The van der Waals surface area contributed by atoms with Gasteiger partial charge in [-0.2, -0.15) is 0 Å². The lowest BCUT2D eigenvalue weighted by molar-refractivity contribution is 0.0661. The average Bonchev–Trinajstić information content (AvgIpc) is 2.97. The minimum atomic E-state index is -1.03. The number of hydrogen-bond donors (Lipinski definition) is 1. The average molecular weight is 263 g/mol. The topological polar surface area (TPSA) is 63.3 Å². The van der Waals surface area contributed by atoms with E-state index in [0.29, 0.717) is 11.6 Å². The van der Waals surface area contributed by atoms with Crippen LogP contribution in [0.2, 0.25) is 0 Å². The number of oxazole rings is 1. The van der Waals surface area contributed by atoms with E-state index < -0.39 is 5.97 Å². The molecule has 0 bridgehead atoms. The minimum absolute atomic E-state index is 0.0104. The van der Waals surface area contributed by atoms with Gasteiger partial charge >= 0.3 is 5.97 Å². The van der Waals surface area contributed by atoms with Gasteiger partial charge in [0.2, 0.25) is 11.7 Å². The first-order chi connectivity index (χ1) is 8.56. The van der Waals surface area contributed by atoms with Crippen molar-refractivity contribution in [3.05, 3.63) is 28.0 Å². The fourth-order valence-electron chi connectivity index (χ4n) is 1.90. The summed E-state index contributed by atoms with van der Waals surface area (Å²) in [5.41, 5.74) is 1.79. The maximum absolute atomic E-state index is 11.1. The van der Waals surface area contributed by atoms with E-state index in [1.807, 2.05) is 19.9 Å². The highest BCUT2D eigenvalue weighted by Gasteiger charge is 2.33. The molecule has 1 saturated carbocycles. The Hall–Kier alpha value is -1.62. The Bertz CT molecular complexity index is 603. The maximum Gasteiger partial charge on any atom is 0.373 e. The number of hydrogen-bond acceptors (Lipinski definition) is 4. The van der Waals surface area contributed by atoms with E-state index in [-0.39, 0.29) is 11.7 Å². The lowest BCUT2D eigenvalue weighted by Gasteiger charge is -1.89. The van der Waals surface area contributed by atoms with Crippen LogP contribution in [0.4, 0.5) is 0 Å². The van der Waals surface area contributed by atoms with Crippen molar-refractivity contribution >= 4 is 17.3 Å². The Balaban J connectivity index is 2.07. The number of aryl methyl sites for hydroxylation is 2. The third-order valence-electron chi connectivity index (χ3n) is 3.19. The second-order valence-corrected chi connectivity index (χ2v) is 5.92. The smallest absolute Gasteiger partial charge is 0.373 e. The summed E-state index contributed by atoms with van der Waals surface area (Å²) in [6.45, 7) is 4.06. The molecule has 5 heteroatoms. The fraction of sp³-hybridized carbons (Fsp3) is 0.385. The number of thiophene rings is 1. The first-order valence-corrected chi connectivity index (χ1v) is 6.69. The summed E-state index contributed by atoms with van der Waals surface area (Å²) >= 11 is 1.58. The van der Waals surface area contributed by atoms with E-state index in [2.05, 4.69) is 4.98 Å². The number of carboxylic acid groups (broad SMARTS) is 1. The highest BCUT2D eigenvalue weighted by atomic mass is 32.1. The van der Waals surface area contributed by atoms with Crippen molar-refractivity contribution in [1.29, 1.82) is 0 Å². The molecule has 0 amide bonds. The molecule has 3 rings (SSSR count). The molecule has 0 aromatic carbocycles. The van der Waals surface area contributed by atoms with Gasteiger partial charge in [0.25, 0.3) is 0 Å². The van der Waals surface area contributed by atoms with Crippen LogP contribution in [-0.4, -0.2) is 16.1 Å². The molecule has 0 saturated heterocycles. The van der Waals surface area contributed by atoms with Crippen molar-refractivity contribution in [1.82, 2.24) is 4.98 Å². The van der Waals surface area contributed by atoms with Crippen LogP contribution in [0.3, 0.4) is 0 Å². The Morgan fingerprint density at radius 3 is 2.72 bits per heavy atom. The van der Waals surface area contributed by atoms with Crippen molar-refractivity contribution in [2.45, 2.75) is 32.6 Å². The first-order valence-electron chi connectivity index (χ1n) is 5.87. The largest absolute Gasteiger partial charge is 0.475 e. The Kier molecular flexibility index (Phi) is 2.52. The standard InChI is InChI=1S/C13H13NO3S/c1-6-5-9(18-7(6)2)12-14-10(8-3-4-8)11(17-12)13(15)16/h5,8H,3-4H2,1-2H3,(H,15,16). The molecule has 0 unspecified atom stereocenters. The number of carboxylic acids is 1. The van der Waals surface area contributed by atoms with Crippen LogP contribution in [0, 0.1) is 13.8 Å². The van der Waals surface area contributed by atoms with E-state index in [4.69, 9.17) is 9.52 Å². The number of carbonyl (C=O) groups is 1. The van der Waals surface area contributed by atoms with E-state index in [1.54, 1.807) is 11.3 Å². The van der Waals surface area contributed by atoms with Gasteiger partial charge in [-0.25, -0.2) is 9.78 Å². The van der Waals surface area contributed by atoms with Gasteiger partial charge in [-0.15, -0.1) is 11.3 Å². The van der Waals surface area contributed by atoms with Crippen LogP contribution in [0.15, 0.2) is 10.5 Å². The molecule has 0 spiro atoms. The van der Waals surface area contributed by atoms with E-state index >= 15 is 0 Å². The molecule has 0 atom stereocenters. The molecule has 1 aliphatic rings. The number of rotatable bonds is 3. The lowest BCUT2D eigenvalue weighted by atomic mass is 10.2. The highest BCUT2D eigenvalue weighted by molar-refractivity contribution is 7.15. The second kappa shape index (κ2) is 3.95. The predicted molar refractivity (Wildman–Crippen MR) is 68.2 cm³/mol. The molecule has 94 valence electrons. The summed E-state index contributed by atoms with van der Waals surface area (Å²) in [5, 5.41) is 9.13. The maximum atomic E-state index is 11.1. The Labute approximate surface area is 108 Å². The van der Waals surface area contributed by atoms with Crippen molar-refractivity contribution in [3.63, 3.8) is 0 Å². The van der Waals surface area contributed by atoms with Crippen molar-refractivity contribution in [2.75, 3.05) is 0 Å². The molecular formula is C13H13NO3S. The molecule has 2 aromatic heterocycles. The zero-order valence-electron chi connectivity index (χ0n) is 10.2. The van der Waals surface area contributed by atoms with Crippen LogP contribution < -0.4 is 0 Å². The molecule has 18 heavy (non-hydrogen) atoms. The van der Waals surface area contributed by atoms with Crippen LogP contribution in [0.1, 0.15) is 45.4 Å². The number of nitrogens with zero attached hydrogens (tertiary/aromatic N) is 1. The molecule has 1 N–H and O–H groups in total. The molecule has 4 nitrogen and oxygen atoms in total. The third-order valence-corrected chi connectivity index (χ3v) is 4.33. The van der Waals surface area contributed by atoms with Gasteiger partial charge in [0.05, 0.1) is 10.6 Å². The van der Waals surface area contributed by atoms with Crippen molar-refractivity contribution in [3.8, 4) is 10.8 Å². The van der Waals surface area contributed by atoms with Crippen LogP contribution >= 0.6 is 11.3 Å². The van der Waals surface area contributed by atoms with Gasteiger partial charge in [-0.1, -0.05) is 0 Å². The highest BCUT2D eigenvalue weighted by Crippen LogP contribution is 2.43. The number of aromatic nitrogens is 1. The Morgan fingerprint density at radius 2 is 2.22 bits per heavy atom. The summed E-state index contributed by atoms with van der Waals surface area (Å²) in [4.78, 5) is 17.6. The van der Waals surface area contributed by atoms with Gasteiger partial charge in [0.15, 0.2) is 0 Å². The molecule has 2 aromatic rings. The summed E-state index contributed by atoms with van der Waals surface area (Å²) < 4.78 is 5.43. The fourth-order valence-corrected chi connectivity index (χ4v) is 2.86. The van der Waals surface area contributed by atoms with Gasteiger partial charge in [0.1, 0.15) is 0 Å². The van der Waals surface area contributed by atoms with Gasteiger partial charge < -0.3 is 9.52 Å². The van der Waals surface area contributed by atoms with E-state index in [9.17, 15) is 4.79 Å². The summed E-state index contributed by atoms with van der Waals surface area (Å²) in [7, 11) is 0. The van der Waals surface area contributed by atoms with Crippen LogP contribution in [0.5, 0.6) is 0 Å². The second-order valence-electron chi connectivity index (χ2n) is 4.66. The van der Waals surface area contributed by atoms with E-state index in [0.717, 1.165) is 17.7 Å². The van der Waals surface area contributed by atoms with Gasteiger partial charge in [-0.05, 0) is 38.3 Å². The Morgan fingerprint density at radius 1 is 1.50 bits per heavy atom. The predicted octanol–water partition coefficient (Wildman–Crippen LogP) is 3.60.